The van der Waals surface area contributed by atoms with Gasteiger partial charge in [0.05, 0.1) is 18.1 Å². The zero-order valence-corrected chi connectivity index (χ0v) is 8.96. The van der Waals surface area contributed by atoms with E-state index in [0.717, 1.165) is 11.3 Å². The van der Waals surface area contributed by atoms with E-state index in [1.807, 2.05) is 30.3 Å². The number of imidazole rings is 1. The number of benzene rings is 1. The molecule has 0 atom stereocenters. The third-order valence-electron chi connectivity index (χ3n) is 2.40. The van der Waals surface area contributed by atoms with Gasteiger partial charge in [-0.05, 0) is 0 Å². The van der Waals surface area contributed by atoms with E-state index in [1.165, 1.54) is 0 Å². The van der Waals surface area contributed by atoms with Crippen LogP contribution in [0.1, 0.15) is 0 Å². The van der Waals surface area contributed by atoms with E-state index in [1.54, 1.807) is 18.6 Å². The van der Waals surface area contributed by atoms with Gasteiger partial charge >= 0.3 is 0 Å². The van der Waals surface area contributed by atoms with Crippen LogP contribution in [-0.4, -0.2) is 19.9 Å². The van der Waals surface area contributed by atoms with Gasteiger partial charge in [0.25, 0.3) is 0 Å². The highest BCUT2D eigenvalue weighted by Crippen LogP contribution is 2.18. The molecule has 0 aliphatic carbocycles. The lowest BCUT2D eigenvalue weighted by atomic mass is 10.1. The molecule has 0 amide bonds. The van der Waals surface area contributed by atoms with E-state index >= 15 is 0 Å². The van der Waals surface area contributed by atoms with Gasteiger partial charge in [0.2, 0.25) is 0 Å². The summed E-state index contributed by atoms with van der Waals surface area (Å²) in [6, 6.07) is 9.93. The molecule has 1 N–H and O–H groups in total. The molecule has 1 radical (unpaired) electrons. The van der Waals surface area contributed by atoms with Crippen molar-refractivity contribution in [3.05, 3.63) is 55.1 Å². The van der Waals surface area contributed by atoms with Crippen LogP contribution in [0.2, 0.25) is 0 Å². The van der Waals surface area contributed by atoms with E-state index in [4.69, 9.17) is 0 Å². The highest BCUT2D eigenvalue weighted by atomic mass is 14.9. The van der Waals surface area contributed by atoms with E-state index in [0.29, 0.717) is 11.5 Å². The van der Waals surface area contributed by atoms with Crippen molar-refractivity contribution >= 4 is 0 Å². The Labute approximate surface area is 98.4 Å². The van der Waals surface area contributed by atoms with Crippen LogP contribution in [0.25, 0.3) is 22.8 Å². The molecule has 0 fully saturated rings. The van der Waals surface area contributed by atoms with Gasteiger partial charge in [-0.2, -0.15) is 0 Å². The first-order valence-corrected chi connectivity index (χ1v) is 5.23. The second kappa shape index (κ2) is 4.17. The molecule has 81 valence electrons. The number of nitrogens with one attached hydrogen (secondary N) is 1. The largest absolute Gasteiger partial charge is 0.343 e. The lowest BCUT2D eigenvalue weighted by molar-refractivity contribution is 1.16. The minimum absolute atomic E-state index is 0.676. The second-order valence-electron chi connectivity index (χ2n) is 3.53. The fourth-order valence-electron chi connectivity index (χ4n) is 1.59. The van der Waals surface area contributed by atoms with Gasteiger partial charge in [-0.1, -0.05) is 30.3 Å². The summed E-state index contributed by atoms with van der Waals surface area (Å²) in [4.78, 5) is 15.7. The summed E-state index contributed by atoms with van der Waals surface area (Å²) < 4.78 is 0. The van der Waals surface area contributed by atoms with Crippen LogP contribution in [0.15, 0.2) is 48.9 Å². The molecule has 2 heterocycles. The van der Waals surface area contributed by atoms with Crippen LogP contribution < -0.4 is 0 Å². The third-order valence-corrected chi connectivity index (χ3v) is 2.40. The van der Waals surface area contributed by atoms with Gasteiger partial charge in [-0.25, -0.2) is 9.97 Å². The molecule has 0 aliphatic heterocycles. The molecule has 0 unspecified atom stereocenters. The number of aromatic nitrogens is 4. The molecule has 0 spiro atoms. The summed E-state index contributed by atoms with van der Waals surface area (Å²) >= 11 is 0. The Morgan fingerprint density at radius 1 is 1.00 bits per heavy atom. The highest BCUT2D eigenvalue weighted by molar-refractivity contribution is 5.61. The van der Waals surface area contributed by atoms with Crippen molar-refractivity contribution in [3.63, 3.8) is 0 Å². The van der Waals surface area contributed by atoms with Crippen LogP contribution in [0, 0.1) is 6.20 Å². The molecule has 0 saturated carbocycles. The normalized spacial score (nSPS) is 10.4. The summed E-state index contributed by atoms with van der Waals surface area (Å²) in [6.07, 6.45) is 7.78. The standard InChI is InChI=1S/C13H9N4/c1-2-4-10(5-3-1)11-8-14-9-12(17-11)13-15-6-7-16-13/h1-6,8-9H,(H,15,16). The van der Waals surface area contributed by atoms with Gasteiger partial charge in [-0.3, -0.25) is 4.98 Å². The van der Waals surface area contributed by atoms with Crippen LogP contribution in [0.3, 0.4) is 0 Å². The Morgan fingerprint density at radius 3 is 2.59 bits per heavy atom. The molecule has 0 bridgehead atoms. The molecule has 0 aliphatic rings. The number of hydrogen-bond donors (Lipinski definition) is 1. The maximum atomic E-state index is 4.51. The molecular weight excluding hydrogens is 212 g/mol. The summed E-state index contributed by atoms with van der Waals surface area (Å²) in [5, 5.41) is 0. The average Bonchev–Trinajstić information content (AvgIpc) is 2.94. The smallest absolute Gasteiger partial charge is 0.158 e. The summed E-state index contributed by atoms with van der Waals surface area (Å²) in [7, 11) is 0. The van der Waals surface area contributed by atoms with Crippen LogP contribution >= 0.6 is 0 Å². The fraction of sp³-hybridized carbons (Fsp3) is 0. The SMILES string of the molecule is [c]1c[nH]c(-c2cncc(-c3ccccc3)n2)n1. The maximum Gasteiger partial charge on any atom is 0.158 e. The van der Waals surface area contributed by atoms with E-state index in [9.17, 15) is 0 Å². The molecule has 2 aromatic heterocycles. The Balaban J connectivity index is 2.06. The Morgan fingerprint density at radius 2 is 1.82 bits per heavy atom. The lowest BCUT2D eigenvalue weighted by Crippen LogP contribution is -1.91. The molecule has 1 aromatic carbocycles. The molecule has 0 saturated heterocycles. The van der Waals surface area contributed by atoms with Crippen LogP contribution in [0.4, 0.5) is 0 Å². The highest BCUT2D eigenvalue weighted by Gasteiger charge is 2.05. The van der Waals surface area contributed by atoms with Gasteiger partial charge in [0.1, 0.15) is 11.9 Å². The van der Waals surface area contributed by atoms with Crippen molar-refractivity contribution in [1.82, 2.24) is 19.9 Å². The molecule has 4 nitrogen and oxygen atoms in total. The number of hydrogen-bond acceptors (Lipinski definition) is 3. The van der Waals surface area contributed by atoms with Crippen molar-refractivity contribution in [3.8, 4) is 22.8 Å². The molecule has 3 aromatic rings. The Bertz CT molecular complexity index is 602. The van der Waals surface area contributed by atoms with Gasteiger partial charge in [0, 0.05) is 11.8 Å². The van der Waals surface area contributed by atoms with Crippen LogP contribution in [-0.2, 0) is 0 Å². The first-order valence-electron chi connectivity index (χ1n) is 5.23. The third kappa shape index (κ3) is 1.92. The topological polar surface area (TPSA) is 54.5 Å². The minimum Gasteiger partial charge on any atom is -0.343 e. The quantitative estimate of drug-likeness (QED) is 0.722. The van der Waals surface area contributed by atoms with Gasteiger partial charge in [0.15, 0.2) is 5.82 Å². The van der Waals surface area contributed by atoms with Gasteiger partial charge in [-0.15, -0.1) is 0 Å². The molecule has 4 heteroatoms. The first-order chi connectivity index (χ1) is 8.43. The summed E-state index contributed by atoms with van der Waals surface area (Å²) in [5.41, 5.74) is 2.59. The number of H-pyrrole nitrogens is 1. The Hall–Kier alpha value is -2.49. The molecule has 3 rings (SSSR count). The predicted molar refractivity (Wildman–Crippen MR) is 63.9 cm³/mol. The van der Waals surface area contributed by atoms with Crippen molar-refractivity contribution < 1.29 is 0 Å². The minimum atomic E-state index is 0.676. The number of rotatable bonds is 2. The summed E-state index contributed by atoms with van der Waals surface area (Å²) in [6.45, 7) is 0. The predicted octanol–water partition coefficient (Wildman–Crippen LogP) is 2.33. The summed E-state index contributed by atoms with van der Waals surface area (Å²) in [5.74, 6) is 0.676. The van der Waals surface area contributed by atoms with E-state index in [2.05, 4.69) is 26.1 Å². The van der Waals surface area contributed by atoms with Crippen molar-refractivity contribution in [2.24, 2.45) is 0 Å². The maximum absolute atomic E-state index is 4.51. The van der Waals surface area contributed by atoms with Gasteiger partial charge < -0.3 is 4.98 Å². The molecular formula is C13H9N4. The van der Waals surface area contributed by atoms with E-state index < -0.39 is 0 Å². The zero-order chi connectivity index (χ0) is 11.5. The Kier molecular flexibility index (Phi) is 2.38. The van der Waals surface area contributed by atoms with Crippen molar-refractivity contribution in [1.29, 1.82) is 0 Å². The monoisotopic (exact) mass is 221 g/mol. The first kappa shape index (κ1) is 9.72. The lowest BCUT2D eigenvalue weighted by Gasteiger charge is -2.01. The zero-order valence-electron chi connectivity index (χ0n) is 8.96. The average molecular weight is 221 g/mol. The van der Waals surface area contributed by atoms with E-state index in [-0.39, 0.29) is 0 Å². The van der Waals surface area contributed by atoms with Crippen molar-refractivity contribution in [2.45, 2.75) is 0 Å². The number of nitrogens with zero attached hydrogens (tertiary/aromatic N) is 3. The van der Waals surface area contributed by atoms with Crippen LogP contribution in [0.5, 0.6) is 0 Å². The second-order valence-corrected chi connectivity index (χ2v) is 3.53. The molecule has 17 heavy (non-hydrogen) atoms. The van der Waals surface area contributed by atoms with Crippen molar-refractivity contribution in [2.75, 3.05) is 0 Å². The fourth-order valence-corrected chi connectivity index (χ4v) is 1.59. The number of aromatic amines is 1.